The van der Waals surface area contributed by atoms with Crippen molar-refractivity contribution in [3.63, 3.8) is 0 Å². The van der Waals surface area contributed by atoms with Crippen molar-refractivity contribution in [2.24, 2.45) is 0 Å². The predicted octanol–water partition coefficient (Wildman–Crippen LogP) is 6.75. The van der Waals surface area contributed by atoms with Crippen LogP contribution in [-0.2, 0) is 4.74 Å². The van der Waals surface area contributed by atoms with Crippen molar-refractivity contribution in [1.82, 2.24) is 0 Å². The molecular formula is C25H26O2. The molecule has 0 aromatic heterocycles. The smallest absolute Gasteiger partial charge is 0.338 e. The van der Waals surface area contributed by atoms with Crippen molar-refractivity contribution in [3.8, 4) is 0 Å². The summed E-state index contributed by atoms with van der Waals surface area (Å²) in [5.41, 5.74) is 3.97. The van der Waals surface area contributed by atoms with Gasteiger partial charge in [-0.05, 0) is 46.4 Å². The quantitative estimate of drug-likeness (QED) is 0.265. The predicted molar refractivity (Wildman–Crippen MR) is 114 cm³/mol. The molecule has 3 aromatic carbocycles. The zero-order valence-corrected chi connectivity index (χ0v) is 16.1. The summed E-state index contributed by atoms with van der Waals surface area (Å²) in [6.07, 6.45) is 6.58. The van der Waals surface area contributed by atoms with E-state index in [1.807, 2.05) is 42.5 Å². The van der Waals surface area contributed by atoms with Gasteiger partial charge in [0.05, 0.1) is 12.7 Å². The Balaban J connectivity index is 2.21. The molecule has 0 aliphatic heterocycles. The zero-order chi connectivity index (χ0) is 19.1. The van der Waals surface area contributed by atoms with Gasteiger partial charge in [-0.25, -0.2) is 4.79 Å². The highest BCUT2D eigenvalue weighted by atomic mass is 16.5. The molecule has 0 saturated carbocycles. The molecule has 2 nitrogen and oxygen atoms in total. The standard InChI is InChI=1S/C25H26O2/c1-3-4-6-14-21(18-19-11-7-5-8-12-19)24-22-15-10-9-13-20(22)16-17-23(24)25(26)27-2/h5,7-13,15-18H,3-4,6,14H2,1-2H3/b21-18-. The van der Waals surface area contributed by atoms with E-state index < -0.39 is 0 Å². The molecule has 0 atom stereocenters. The lowest BCUT2D eigenvalue weighted by Gasteiger charge is -2.16. The molecular weight excluding hydrogens is 332 g/mol. The number of hydrogen-bond donors (Lipinski definition) is 0. The molecule has 0 spiro atoms. The first kappa shape index (κ1) is 18.9. The molecule has 0 N–H and O–H groups in total. The number of hydrogen-bond acceptors (Lipinski definition) is 2. The molecule has 0 heterocycles. The van der Waals surface area contributed by atoms with Gasteiger partial charge in [0, 0.05) is 0 Å². The Labute approximate surface area is 161 Å². The molecule has 0 fully saturated rings. The lowest BCUT2D eigenvalue weighted by Crippen LogP contribution is -2.06. The van der Waals surface area contributed by atoms with Gasteiger partial charge in [-0.2, -0.15) is 0 Å². The fourth-order valence-corrected chi connectivity index (χ4v) is 3.48. The van der Waals surface area contributed by atoms with Gasteiger partial charge < -0.3 is 4.74 Å². The van der Waals surface area contributed by atoms with Crippen LogP contribution in [0.25, 0.3) is 22.4 Å². The minimum absolute atomic E-state index is 0.287. The van der Waals surface area contributed by atoms with E-state index in [-0.39, 0.29) is 5.97 Å². The largest absolute Gasteiger partial charge is 0.465 e. The number of allylic oxidation sites excluding steroid dienone is 1. The number of rotatable bonds is 7. The van der Waals surface area contributed by atoms with Gasteiger partial charge in [0.1, 0.15) is 0 Å². The highest BCUT2D eigenvalue weighted by Crippen LogP contribution is 2.34. The van der Waals surface area contributed by atoms with E-state index in [4.69, 9.17) is 4.74 Å². The third kappa shape index (κ3) is 4.46. The Morgan fingerprint density at radius 1 is 0.926 bits per heavy atom. The monoisotopic (exact) mass is 358 g/mol. The number of methoxy groups -OCH3 is 1. The first-order chi connectivity index (χ1) is 13.2. The minimum atomic E-state index is -0.287. The summed E-state index contributed by atoms with van der Waals surface area (Å²) in [6, 6.07) is 22.4. The molecule has 0 aliphatic carbocycles. The Morgan fingerprint density at radius 3 is 2.41 bits per heavy atom. The molecule has 0 aliphatic rings. The lowest BCUT2D eigenvalue weighted by molar-refractivity contribution is 0.0600. The Morgan fingerprint density at radius 2 is 1.67 bits per heavy atom. The fourth-order valence-electron chi connectivity index (χ4n) is 3.48. The van der Waals surface area contributed by atoms with Crippen LogP contribution in [0.15, 0.2) is 66.7 Å². The van der Waals surface area contributed by atoms with Crippen LogP contribution in [0.2, 0.25) is 0 Å². The van der Waals surface area contributed by atoms with E-state index in [2.05, 4.69) is 37.3 Å². The number of ether oxygens (including phenoxy) is 1. The van der Waals surface area contributed by atoms with Gasteiger partial charge >= 0.3 is 5.97 Å². The van der Waals surface area contributed by atoms with Crippen LogP contribution in [0.1, 0.15) is 54.1 Å². The van der Waals surface area contributed by atoms with Gasteiger partial charge in [-0.1, -0.05) is 86.5 Å². The second-order valence-electron chi connectivity index (χ2n) is 6.74. The number of carbonyl (C=O) groups is 1. The first-order valence-corrected chi connectivity index (χ1v) is 9.60. The maximum Gasteiger partial charge on any atom is 0.338 e. The third-order valence-electron chi connectivity index (χ3n) is 4.85. The van der Waals surface area contributed by atoms with E-state index in [0.717, 1.165) is 41.2 Å². The first-order valence-electron chi connectivity index (χ1n) is 9.60. The van der Waals surface area contributed by atoms with Gasteiger partial charge in [-0.15, -0.1) is 0 Å². The van der Waals surface area contributed by atoms with Crippen molar-refractivity contribution in [2.45, 2.75) is 32.6 Å². The van der Waals surface area contributed by atoms with E-state index in [9.17, 15) is 4.79 Å². The van der Waals surface area contributed by atoms with Gasteiger partial charge in [0.25, 0.3) is 0 Å². The number of esters is 1. The summed E-state index contributed by atoms with van der Waals surface area (Å²) in [7, 11) is 1.44. The van der Waals surface area contributed by atoms with E-state index in [1.165, 1.54) is 19.1 Å². The van der Waals surface area contributed by atoms with Crippen LogP contribution >= 0.6 is 0 Å². The minimum Gasteiger partial charge on any atom is -0.465 e. The molecule has 138 valence electrons. The highest BCUT2D eigenvalue weighted by Gasteiger charge is 2.18. The van der Waals surface area contributed by atoms with Gasteiger partial charge in [0.2, 0.25) is 0 Å². The molecule has 3 rings (SSSR count). The number of unbranched alkanes of at least 4 members (excludes halogenated alkanes) is 2. The highest BCUT2D eigenvalue weighted by molar-refractivity contribution is 6.07. The number of carbonyl (C=O) groups excluding carboxylic acids is 1. The van der Waals surface area contributed by atoms with Crippen molar-refractivity contribution in [2.75, 3.05) is 7.11 Å². The Bertz CT molecular complexity index is 939. The molecule has 3 aromatic rings. The van der Waals surface area contributed by atoms with Crippen LogP contribution in [0.3, 0.4) is 0 Å². The Hall–Kier alpha value is -2.87. The average Bonchev–Trinajstić information content (AvgIpc) is 2.72. The third-order valence-corrected chi connectivity index (χ3v) is 4.85. The summed E-state index contributed by atoms with van der Waals surface area (Å²) in [4.78, 5) is 12.5. The molecule has 0 bridgehead atoms. The topological polar surface area (TPSA) is 26.3 Å². The average molecular weight is 358 g/mol. The van der Waals surface area contributed by atoms with Crippen LogP contribution in [0.4, 0.5) is 0 Å². The van der Waals surface area contributed by atoms with Gasteiger partial charge in [0.15, 0.2) is 0 Å². The number of benzene rings is 3. The zero-order valence-electron chi connectivity index (χ0n) is 16.1. The lowest BCUT2D eigenvalue weighted by atomic mass is 9.89. The summed E-state index contributed by atoms with van der Waals surface area (Å²) >= 11 is 0. The summed E-state index contributed by atoms with van der Waals surface area (Å²) in [5.74, 6) is -0.287. The maximum atomic E-state index is 12.5. The van der Waals surface area contributed by atoms with Crippen LogP contribution in [0, 0.1) is 0 Å². The summed E-state index contributed by atoms with van der Waals surface area (Å²) in [5, 5.41) is 2.23. The molecule has 0 unspecified atom stereocenters. The van der Waals surface area contributed by atoms with Crippen LogP contribution in [-0.4, -0.2) is 13.1 Å². The van der Waals surface area contributed by atoms with Crippen LogP contribution in [0.5, 0.6) is 0 Å². The molecule has 0 radical (unpaired) electrons. The summed E-state index contributed by atoms with van der Waals surface area (Å²) < 4.78 is 5.09. The molecule has 0 amide bonds. The van der Waals surface area contributed by atoms with Crippen molar-refractivity contribution in [3.05, 3.63) is 83.4 Å². The van der Waals surface area contributed by atoms with Crippen molar-refractivity contribution < 1.29 is 9.53 Å². The van der Waals surface area contributed by atoms with E-state index >= 15 is 0 Å². The maximum absolute atomic E-state index is 12.5. The summed E-state index contributed by atoms with van der Waals surface area (Å²) in [6.45, 7) is 2.21. The second kappa shape index (κ2) is 9.18. The van der Waals surface area contributed by atoms with Gasteiger partial charge in [-0.3, -0.25) is 0 Å². The molecule has 27 heavy (non-hydrogen) atoms. The van der Waals surface area contributed by atoms with Crippen molar-refractivity contribution in [1.29, 1.82) is 0 Å². The molecule has 0 saturated heterocycles. The molecule has 2 heteroatoms. The Kier molecular flexibility index (Phi) is 6.43. The van der Waals surface area contributed by atoms with E-state index in [1.54, 1.807) is 0 Å². The van der Waals surface area contributed by atoms with Crippen LogP contribution < -0.4 is 0 Å². The SMILES string of the molecule is CCCCC/C(=C/c1ccccc1)c1c(C(=O)OC)ccc2ccccc12. The second-order valence-corrected chi connectivity index (χ2v) is 6.74. The van der Waals surface area contributed by atoms with Crippen molar-refractivity contribution >= 4 is 28.4 Å². The number of fused-ring (bicyclic) bond motifs is 1. The normalized spacial score (nSPS) is 11.6. The fraction of sp³-hybridized carbons (Fsp3) is 0.240. The van der Waals surface area contributed by atoms with E-state index in [0.29, 0.717) is 5.56 Å².